The summed E-state index contributed by atoms with van der Waals surface area (Å²) in [5.41, 5.74) is -0.664. The van der Waals surface area contributed by atoms with E-state index in [1.807, 2.05) is 0 Å². The summed E-state index contributed by atoms with van der Waals surface area (Å²) in [5.74, 6) is 0.174. The second-order valence-corrected chi connectivity index (χ2v) is 6.52. The predicted molar refractivity (Wildman–Crippen MR) is 65.7 cm³/mol. The molecule has 1 atom stereocenters. The fourth-order valence-electron chi connectivity index (χ4n) is 1.72. The lowest BCUT2D eigenvalue weighted by molar-refractivity contribution is -0.108. The van der Waals surface area contributed by atoms with Crippen molar-refractivity contribution in [2.75, 3.05) is 26.1 Å². The van der Waals surface area contributed by atoms with Crippen LogP contribution in [0.25, 0.3) is 0 Å². The van der Waals surface area contributed by atoms with Gasteiger partial charge in [-0.25, -0.2) is 9.52 Å². The van der Waals surface area contributed by atoms with E-state index in [1.165, 1.54) is 0 Å². The summed E-state index contributed by atoms with van der Waals surface area (Å²) in [6.07, 6.45) is -1.44. The van der Waals surface area contributed by atoms with Gasteiger partial charge in [-0.15, -0.1) is 11.6 Å². The number of carbonyl (C=O) groups excluding carboxylic acids is 1. The average molecular weight is 301 g/mol. The van der Waals surface area contributed by atoms with Crippen molar-refractivity contribution in [3.63, 3.8) is 0 Å². The number of amides is 1. The average Bonchev–Trinajstić information content (AvgIpc) is 2.26. The molecule has 0 aromatic carbocycles. The van der Waals surface area contributed by atoms with E-state index in [0.717, 1.165) is 11.4 Å². The van der Waals surface area contributed by atoms with Crippen molar-refractivity contribution in [3.8, 4) is 0 Å². The minimum Gasteiger partial charge on any atom is -0.452 e. The highest BCUT2D eigenvalue weighted by molar-refractivity contribution is 7.87. The molecule has 0 aliphatic carbocycles. The molecule has 1 aliphatic rings. The van der Waals surface area contributed by atoms with E-state index in [4.69, 9.17) is 16.3 Å². The zero-order valence-corrected chi connectivity index (χ0v) is 12.0. The monoisotopic (exact) mass is 300 g/mol. The Kier molecular flexibility index (Phi) is 4.82. The van der Waals surface area contributed by atoms with Gasteiger partial charge < -0.3 is 9.47 Å². The van der Waals surface area contributed by atoms with Crippen LogP contribution in [0.3, 0.4) is 0 Å². The SMILES string of the molecule is COC(=O)NS(=O)(=O)N1CC(CCl)OC(C)(C)C1. The van der Waals surface area contributed by atoms with Crippen LogP contribution in [0.1, 0.15) is 13.8 Å². The Bertz CT molecular complexity index is 411. The Labute approximate surface area is 112 Å². The fraction of sp³-hybridized carbons (Fsp3) is 0.889. The molecule has 0 spiro atoms. The molecule has 1 heterocycles. The first-order valence-corrected chi connectivity index (χ1v) is 7.27. The van der Waals surface area contributed by atoms with Gasteiger partial charge >= 0.3 is 16.3 Å². The van der Waals surface area contributed by atoms with E-state index in [9.17, 15) is 13.2 Å². The van der Waals surface area contributed by atoms with Crippen molar-refractivity contribution in [1.29, 1.82) is 0 Å². The van der Waals surface area contributed by atoms with Crippen LogP contribution in [0.2, 0.25) is 0 Å². The number of nitrogens with one attached hydrogen (secondary N) is 1. The lowest BCUT2D eigenvalue weighted by atomic mass is 10.1. The zero-order valence-electron chi connectivity index (χ0n) is 10.5. The van der Waals surface area contributed by atoms with E-state index in [0.29, 0.717) is 0 Å². The number of halogens is 1. The second-order valence-electron chi connectivity index (χ2n) is 4.55. The number of hydrogen-bond donors (Lipinski definition) is 1. The summed E-state index contributed by atoms with van der Waals surface area (Å²) in [7, 11) is -2.85. The van der Waals surface area contributed by atoms with Crippen molar-refractivity contribution in [3.05, 3.63) is 0 Å². The molecule has 1 unspecified atom stereocenters. The van der Waals surface area contributed by atoms with Crippen LogP contribution in [0.4, 0.5) is 4.79 Å². The maximum atomic E-state index is 11.9. The highest BCUT2D eigenvalue weighted by Gasteiger charge is 2.39. The summed E-state index contributed by atoms with van der Waals surface area (Å²) in [6, 6.07) is 0. The molecule has 0 radical (unpaired) electrons. The second kappa shape index (κ2) is 5.60. The van der Waals surface area contributed by atoms with Crippen LogP contribution in [0, 0.1) is 0 Å². The molecule has 106 valence electrons. The van der Waals surface area contributed by atoms with Gasteiger partial charge in [-0.3, -0.25) is 0 Å². The van der Waals surface area contributed by atoms with Gasteiger partial charge in [0, 0.05) is 19.0 Å². The standard InChI is InChI=1S/C9H17ClN2O5S/c1-9(2)6-12(5-7(4-10)17-9)18(14,15)11-8(13)16-3/h7H,4-6H2,1-3H3,(H,11,13). The highest BCUT2D eigenvalue weighted by Crippen LogP contribution is 2.23. The minimum atomic E-state index is -3.94. The number of hydrogen-bond acceptors (Lipinski definition) is 5. The maximum absolute atomic E-state index is 11.9. The van der Waals surface area contributed by atoms with Crippen LogP contribution in [0.15, 0.2) is 0 Å². The molecule has 7 nitrogen and oxygen atoms in total. The summed E-state index contributed by atoms with van der Waals surface area (Å²) in [5, 5.41) is 0. The van der Waals surface area contributed by atoms with Crippen molar-refractivity contribution < 1.29 is 22.7 Å². The van der Waals surface area contributed by atoms with Crippen molar-refractivity contribution >= 4 is 27.9 Å². The number of carbonyl (C=O) groups is 1. The van der Waals surface area contributed by atoms with Gasteiger partial charge in [-0.05, 0) is 13.8 Å². The third-order valence-electron chi connectivity index (χ3n) is 2.36. The Balaban J connectivity index is 2.84. The highest BCUT2D eigenvalue weighted by atomic mass is 35.5. The Morgan fingerprint density at radius 1 is 1.61 bits per heavy atom. The largest absolute Gasteiger partial charge is 0.452 e. The first-order valence-electron chi connectivity index (χ1n) is 5.30. The third-order valence-corrected chi connectivity index (χ3v) is 4.09. The zero-order chi connectivity index (χ0) is 14.0. The first kappa shape index (κ1) is 15.5. The molecule has 1 fully saturated rings. The number of nitrogens with zero attached hydrogens (tertiary/aromatic N) is 1. The van der Waals surface area contributed by atoms with Gasteiger partial charge in [0.25, 0.3) is 0 Å². The number of ether oxygens (including phenoxy) is 2. The Hall–Kier alpha value is -0.570. The minimum absolute atomic E-state index is 0.0965. The molecule has 1 saturated heterocycles. The van der Waals surface area contributed by atoms with Crippen molar-refractivity contribution in [1.82, 2.24) is 9.03 Å². The van der Waals surface area contributed by atoms with E-state index in [1.54, 1.807) is 18.6 Å². The van der Waals surface area contributed by atoms with Crippen molar-refractivity contribution in [2.24, 2.45) is 0 Å². The van der Waals surface area contributed by atoms with Gasteiger partial charge in [0.2, 0.25) is 0 Å². The van der Waals surface area contributed by atoms with Gasteiger partial charge in [0.1, 0.15) is 0 Å². The number of methoxy groups -OCH3 is 1. The van der Waals surface area contributed by atoms with E-state index >= 15 is 0 Å². The molecule has 9 heteroatoms. The predicted octanol–water partition coefficient (Wildman–Crippen LogP) is 0.305. The van der Waals surface area contributed by atoms with E-state index in [-0.39, 0.29) is 19.0 Å². The van der Waals surface area contributed by atoms with Crippen LogP contribution in [-0.2, 0) is 19.7 Å². The van der Waals surface area contributed by atoms with Crippen LogP contribution >= 0.6 is 11.6 Å². The number of alkyl halides is 1. The summed E-state index contributed by atoms with van der Waals surface area (Å²) in [6.45, 7) is 3.74. The van der Waals surface area contributed by atoms with Gasteiger partial charge in [0.05, 0.1) is 18.8 Å². The number of rotatable bonds is 3. The molecular weight excluding hydrogens is 284 g/mol. The lowest BCUT2D eigenvalue weighted by Crippen LogP contribution is -2.58. The Morgan fingerprint density at radius 2 is 2.22 bits per heavy atom. The topological polar surface area (TPSA) is 84.9 Å². The quantitative estimate of drug-likeness (QED) is 0.758. The van der Waals surface area contributed by atoms with Crippen molar-refractivity contribution in [2.45, 2.75) is 25.6 Å². The van der Waals surface area contributed by atoms with Crippen LogP contribution in [0.5, 0.6) is 0 Å². The van der Waals surface area contributed by atoms with E-state index < -0.39 is 28.0 Å². The van der Waals surface area contributed by atoms with Gasteiger partial charge in [0.15, 0.2) is 0 Å². The number of morpholine rings is 1. The molecule has 0 aromatic rings. The molecule has 1 amide bonds. The van der Waals surface area contributed by atoms with Gasteiger partial charge in [-0.1, -0.05) is 0 Å². The Morgan fingerprint density at radius 3 is 2.72 bits per heavy atom. The van der Waals surface area contributed by atoms with Crippen LogP contribution < -0.4 is 4.72 Å². The van der Waals surface area contributed by atoms with Gasteiger partial charge in [-0.2, -0.15) is 12.7 Å². The molecule has 1 rings (SSSR count). The molecule has 1 N–H and O–H groups in total. The molecule has 1 aliphatic heterocycles. The summed E-state index contributed by atoms with van der Waals surface area (Å²) >= 11 is 5.70. The first-order chi connectivity index (χ1) is 8.20. The molecular formula is C9H17ClN2O5S. The molecule has 0 bridgehead atoms. The van der Waals surface area contributed by atoms with Crippen LogP contribution in [-0.4, -0.2) is 56.6 Å². The third kappa shape index (κ3) is 3.98. The normalized spacial score (nSPS) is 24.6. The van der Waals surface area contributed by atoms with E-state index in [2.05, 4.69) is 4.74 Å². The summed E-state index contributed by atoms with van der Waals surface area (Å²) in [4.78, 5) is 11.0. The molecule has 0 aromatic heterocycles. The molecule has 18 heavy (non-hydrogen) atoms. The molecule has 0 saturated carbocycles. The smallest absolute Gasteiger partial charge is 0.421 e. The maximum Gasteiger partial charge on any atom is 0.421 e. The fourth-order valence-corrected chi connectivity index (χ4v) is 3.14. The summed E-state index contributed by atoms with van der Waals surface area (Å²) < 4.78 is 36.6. The lowest BCUT2D eigenvalue weighted by Gasteiger charge is -2.41.